The van der Waals surface area contributed by atoms with Crippen LogP contribution in [0.4, 0.5) is 8.78 Å². The normalized spacial score (nSPS) is 28.7. The molecule has 1 saturated heterocycles. The summed E-state index contributed by atoms with van der Waals surface area (Å²) in [5.41, 5.74) is 0.987. The molecule has 0 spiro atoms. The zero-order valence-corrected chi connectivity index (χ0v) is 10.4. The van der Waals surface area contributed by atoms with Crippen molar-refractivity contribution in [2.75, 3.05) is 13.7 Å². The lowest BCUT2D eigenvalue weighted by atomic mass is 9.95. The van der Waals surface area contributed by atoms with Gasteiger partial charge in [-0.05, 0) is 12.1 Å². The van der Waals surface area contributed by atoms with Gasteiger partial charge in [-0.3, -0.25) is 0 Å². The summed E-state index contributed by atoms with van der Waals surface area (Å²) >= 11 is 0. The van der Waals surface area contributed by atoms with E-state index in [1.807, 2.05) is 0 Å². The second-order valence-electron chi connectivity index (χ2n) is 4.71. The molecule has 1 fully saturated rings. The SMILES string of the molecule is CO[C@H]1CN[C@H]2c3ccc(OC(F)F)cc3O[C@H]2C1. The van der Waals surface area contributed by atoms with Crippen LogP contribution < -0.4 is 14.8 Å². The molecule has 6 heteroatoms. The molecule has 3 rings (SSSR count). The predicted octanol–water partition coefficient (Wildman–Crippen LogP) is 2.10. The first-order chi connectivity index (χ1) is 9.17. The summed E-state index contributed by atoms with van der Waals surface area (Å²) < 4.78 is 39.8. The molecule has 0 aromatic heterocycles. The van der Waals surface area contributed by atoms with Gasteiger partial charge in [0.05, 0.1) is 12.1 Å². The van der Waals surface area contributed by atoms with E-state index in [4.69, 9.17) is 9.47 Å². The second-order valence-corrected chi connectivity index (χ2v) is 4.71. The van der Waals surface area contributed by atoms with Crippen LogP contribution in [0.3, 0.4) is 0 Å². The molecule has 0 aliphatic carbocycles. The van der Waals surface area contributed by atoms with Gasteiger partial charge >= 0.3 is 6.61 Å². The molecule has 1 N–H and O–H groups in total. The maximum absolute atomic E-state index is 12.2. The van der Waals surface area contributed by atoms with Crippen molar-refractivity contribution >= 4 is 0 Å². The number of halogens is 2. The van der Waals surface area contributed by atoms with E-state index in [2.05, 4.69) is 10.1 Å². The minimum absolute atomic E-state index is 0.0181. The van der Waals surface area contributed by atoms with Crippen LogP contribution >= 0.6 is 0 Å². The highest BCUT2D eigenvalue weighted by atomic mass is 19.3. The van der Waals surface area contributed by atoms with Crippen molar-refractivity contribution in [3.63, 3.8) is 0 Å². The van der Waals surface area contributed by atoms with E-state index < -0.39 is 6.61 Å². The number of benzene rings is 1. The molecular formula is C13H15F2NO3. The first kappa shape index (κ1) is 12.6. The fraction of sp³-hybridized carbons (Fsp3) is 0.538. The van der Waals surface area contributed by atoms with Gasteiger partial charge in [-0.15, -0.1) is 0 Å². The van der Waals surface area contributed by atoms with Gasteiger partial charge in [-0.1, -0.05) is 0 Å². The van der Waals surface area contributed by atoms with E-state index in [-0.39, 0.29) is 24.0 Å². The van der Waals surface area contributed by atoms with E-state index in [1.54, 1.807) is 19.2 Å². The number of hydrogen-bond donors (Lipinski definition) is 1. The summed E-state index contributed by atoms with van der Waals surface area (Å²) in [6.07, 6.45) is 0.885. The minimum atomic E-state index is -2.82. The van der Waals surface area contributed by atoms with Crippen molar-refractivity contribution < 1.29 is 23.0 Å². The van der Waals surface area contributed by atoms with E-state index in [0.29, 0.717) is 5.75 Å². The van der Waals surface area contributed by atoms with Gasteiger partial charge in [0, 0.05) is 31.7 Å². The number of ether oxygens (including phenoxy) is 3. The highest BCUT2D eigenvalue weighted by molar-refractivity contribution is 5.46. The summed E-state index contributed by atoms with van der Waals surface area (Å²) in [6, 6.07) is 4.93. The summed E-state index contributed by atoms with van der Waals surface area (Å²) in [7, 11) is 1.67. The summed E-state index contributed by atoms with van der Waals surface area (Å²) in [6.45, 7) is -2.06. The third-order valence-electron chi connectivity index (χ3n) is 3.59. The lowest BCUT2D eigenvalue weighted by Gasteiger charge is -2.31. The van der Waals surface area contributed by atoms with E-state index in [0.717, 1.165) is 18.5 Å². The Labute approximate surface area is 109 Å². The van der Waals surface area contributed by atoms with Gasteiger partial charge in [0.25, 0.3) is 0 Å². The first-order valence-corrected chi connectivity index (χ1v) is 6.19. The Morgan fingerprint density at radius 2 is 2.26 bits per heavy atom. The number of methoxy groups -OCH3 is 1. The Hall–Kier alpha value is -1.40. The fourth-order valence-electron chi connectivity index (χ4n) is 2.69. The monoisotopic (exact) mass is 271 g/mol. The average molecular weight is 271 g/mol. The minimum Gasteiger partial charge on any atom is -0.488 e. The third kappa shape index (κ3) is 2.37. The van der Waals surface area contributed by atoms with Crippen molar-refractivity contribution in [3.8, 4) is 11.5 Å². The Morgan fingerprint density at radius 3 is 3.00 bits per heavy atom. The molecule has 0 bridgehead atoms. The second kappa shape index (κ2) is 4.94. The molecule has 104 valence electrons. The van der Waals surface area contributed by atoms with Crippen LogP contribution in [0, 0.1) is 0 Å². The van der Waals surface area contributed by atoms with Gasteiger partial charge in [-0.2, -0.15) is 8.78 Å². The number of piperidine rings is 1. The van der Waals surface area contributed by atoms with Gasteiger partial charge < -0.3 is 19.5 Å². The zero-order valence-electron chi connectivity index (χ0n) is 10.4. The topological polar surface area (TPSA) is 39.7 Å². The average Bonchev–Trinajstić information content (AvgIpc) is 2.74. The van der Waals surface area contributed by atoms with Crippen molar-refractivity contribution in [1.82, 2.24) is 5.32 Å². The number of rotatable bonds is 3. The number of hydrogen-bond acceptors (Lipinski definition) is 4. The molecule has 19 heavy (non-hydrogen) atoms. The molecule has 2 aliphatic rings. The molecule has 0 amide bonds. The smallest absolute Gasteiger partial charge is 0.387 e. The molecular weight excluding hydrogens is 256 g/mol. The lowest BCUT2D eigenvalue weighted by Crippen LogP contribution is -2.45. The molecule has 3 atom stereocenters. The Kier molecular flexibility index (Phi) is 3.28. The summed E-state index contributed by atoms with van der Waals surface area (Å²) in [5, 5.41) is 3.36. The third-order valence-corrected chi connectivity index (χ3v) is 3.59. The quantitative estimate of drug-likeness (QED) is 0.914. The van der Waals surface area contributed by atoms with E-state index in [9.17, 15) is 8.78 Å². The number of alkyl halides is 2. The Morgan fingerprint density at radius 1 is 1.42 bits per heavy atom. The largest absolute Gasteiger partial charge is 0.488 e. The molecule has 4 nitrogen and oxygen atoms in total. The van der Waals surface area contributed by atoms with Crippen LogP contribution in [-0.2, 0) is 4.74 Å². The van der Waals surface area contributed by atoms with Gasteiger partial charge in [0.1, 0.15) is 17.6 Å². The van der Waals surface area contributed by atoms with Crippen LogP contribution in [0.1, 0.15) is 18.0 Å². The highest BCUT2D eigenvalue weighted by Gasteiger charge is 2.39. The van der Waals surface area contributed by atoms with Crippen LogP contribution in [0.2, 0.25) is 0 Å². The fourth-order valence-corrected chi connectivity index (χ4v) is 2.69. The zero-order chi connectivity index (χ0) is 13.4. The van der Waals surface area contributed by atoms with Crippen LogP contribution in [0.15, 0.2) is 18.2 Å². The Balaban J connectivity index is 1.79. The molecule has 0 radical (unpaired) electrons. The van der Waals surface area contributed by atoms with Crippen LogP contribution in [-0.4, -0.2) is 32.5 Å². The molecule has 0 unspecified atom stereocenters. The van der Waals surface area contributed by atoms with E-state index >= 15 is 0 Å². The maximum Gasteiger partial charge on any atom is 0.387 e. The van der Waals surface area contributed by atoms with E-state index in [1.165, 1.54) is 6.07 Å². The van der Waals surface area contributed by atoms with Gasteiger partial charge in [0.15, 0.2) is 0 Å². The van der Waals surface area contributed by atoms with Crippen LogP contribution in [0.5, 0.6) is 11.5 Å². The van der Waals surface area contributed by atoms with Crippen molar-refractivity contribution in [2.24, 2.45) is 0 Å². The van der Waals surface area contributed by atoms with Crippen molar-refractivity contribution in [2.45, 2.75) is 31.3 Å². The predicted molar refractivity (Wildman–Crippen MR) is 63.6 cm³/mol. The molecule has 2 heterocycles. The molecule has 1 aromatic carbocycles. The maximum atomic E-state index is 12.2. The van der Waals surface area contributed by atoms with Gasteiger partial charge in [-0.25, -0.2) is 0 Å². The number of nitrogens with one attached hydrogen (secondary N) is 1. The lowest BCUT2D eigenvalue weighted by molar-refractivity contribution is -0.0499. The van der Waals surface area contributed by atoms with Crippen molar-refractivity contribution in [3.05, 3.63) is 23.8 Å². The highest BCUT2D eigenvalue weighted by Crippen LogP contribution is 2.42. The first-order valence-electron chi connectivity index (χ1n) is 6.19. The van der Waals surface area contributed by atoms with Crippen molar-refractivity contribution in [1.29, 1.82) is 0 Å². The molecule has 1 aromatic rings. The summed E-state index contributed by atoms with van der Waals surface area (Å²) in [5.74, 6) is 0.730. The molecule has 0 saturated carbocycles. The Bertz CT molecular complexity index is 469. The van der Waals surface area contributed by atoms with Gasteiger partial charge in [0.2, 0.25) is 0 Å². The number of fused-ring (bicyclic) bond motifs is 3. The molecule has 2 aliphatic heterocycles. The standard InChI is InChI=1S/C13H15F2NO3/c1-17-8-5-11-12(16-6-8)9-3-2-7(18-13(14)15)4-10(9)19-11/h2-4,8,11-13,16H,5-6H2,1H3/t8-,11+,12+/m1/s1. The van der Waals surface area contributed by atoms with Crippen LogP contribution in [0.25, 0.3) is 0 Å². The summed E-state index contributed by atoms with van der Waals surface area (Å²) in [4.78, 5) is 0.